The third-order valence-electron chi connectivity index (χ3n) is 2.68. The van der Waals surface area contributed by atoms with Crippen LogP contribution in [0.3, 0.4) is 0 Å². The van der Waals surface area contributed by atoms with E-state index in [9.17, 15) is 5.11 Å². The van der Waals surface area contributed by atoms with E-state index in [-0.39, 0.29) is 0 Å². The van der Waals surface area contributed by atoms with E-state index in [1.807, 2.05) is 31.2 Å². The Morgan fingerprint density at radius 1 is 1.44 bits per heavy atom. The van der Waals surface area contributed by atoms with E-state index in [0.29, 0.717) is 23.6 Å². The van der Waals surface area contributed by atoms with Crippen molar-refractivity contribution in [2.75, 3.05) is 11.9 Å². The molecule has 1 atom stereocenters. The number of aliphatic hydroxyl groups excluding tert-OH is 1. The number of anilines is 1. The van der Waals surface area contributed by atoms with Crippen molar-refractivity contribution < 1.29 is 9.52 Å². The van der Waals surface area contributed by atoms with E-state index < -0.39 is 6.10 Å². The van der Waals surface area contributed by atoms with Gasteiger partial charge in [-0.15, -0.1) is 0 Å². The first-order valence-corrected chi connectivity index (χ1v) is 6.21. The SMILES string of the molecule is Cc1ccccc1NCC(O)Cc1c[nH]c(=S)o1. The summed E-state index contributed by atoms with van der Waals surface area (Å²) < 4.78 is 5.20. The number of hydrogen-bond donors (Lipinski definition) is 3. The Morgan fingerprint density at radius 2 is 2.22 bits per heavy atom. The second kappa shape index (κ2) is 5.84. The summed E-state index contributed by atoms with van der Waals surface area (Å²) in [6.07, 6.45) is 1.60. The molecule has 0 aliphatic rings. The highest BCUT2D eigenvalue weighted by Gasteiger charge is 2.08. The van der Waals surface area contributed by atoms with Crippen molar-refractivity contribution in [1.29, 1.82) is 0 Å². The van der Waals surface area contributed by atoms with Gasteiger partial charge in [0.1, 0.15) is 5.76 Å². The molecule has 1 heterocycles. The van der Waals surface area contributed by atoms with Crippen LogP contribution < -0.4 is 5.32 Å². The van der Waals surface area contributed by atoms with Gasteiger partial charge in [0, 0.05) is 24.8 Å². The molecule has 0 amide bonds. The minimum absolute atomic E-state index is 0.337. The molecule has 3 N–H and O–H groups in total. The summed E-state index contributed by atoms with van der Waals surface area (Å²) in [6.45, 7) is 2.50. The number of H-pyrrole nitrogens is 1. The van der Waals surface area contributed by atoms with Crippen molar-refractivity contribution in [3.8, 4) is 0 Å². The van der Waals surface area contributed by atoms with Crippen molar-refractivity contribution in [3.05, 3.63) is 46.6 Å². The Labute approximate surface area is 111 Å². The molecular weight excluding hydrogens is 248 g/mol. The van der Waals surface area contributed by atoms with Crippen molar-refractivity contribution >= 4 is 17.9 Å². The fourth-order valence-corrected chi connectivity index (χ4v) is 1.89. The van der Waals surface area contributed by atoms with Gasteiger partial charge in [-0.05, 0) is 30.8 Å². The number of para-hydroxylation sites is 1. The minimum Gasteiger partial charge on any atom is -0.435 e. The normalized spacial score (nSPS) is 12.3. The van der Waals surface area contributed by atoms with Crippen LogP contribution in [0.2, 0.25) is 0 Å². The van der Waals surface area contributed by atoms with E-state index in [1.165, 1.54) is 0 Å². The maximum absolute atomic E-state index is 9.89. The maximum Gasteiger partial charge on any atom is 0.266 e. The van der Waals surface area contributed by atoms with Gasteiger partial charge in [0.2, 0.25) is 0 Å². The van der Waals surface area contributed by atoms with Crippen LogP contribution in [-0.2, 0) is 6.42 Å². The van der Waals surface area contributed by atoms with Crippen molar-refractivity contribution in [3.63, 3.8) is 0 Å². The number of benzene rings is 1. The molecule has 1 aromatic carbocycles. The van der Waals surface area contributed by atoms with Crippen LogP contribution in [0.15, 0.2) is 34.9 Å². The van der Waals surface area contributed by atoms with Gasteiger partial charge in [0.25, 0.3) is 4.84 Å². The van der Waals surface area contributed by atoms with Gasteiger partial charge in [0.15, 0.2) is 0 Å². The first-order chi connectivity index (χ1) is 8.65. The summed E-state index contributed by atoms with van der Waals surface area (Å²) in [5, 5.41) is 13.1. The lowest BCUT2D eigenvalue weighted by Crippen LogP contribution is -2.21. The first kappa shape index (κ1) is 12.9. The Balaban J connectivity index is 1.87. The van der Waals surface area contributed by atoms with Crippen LogP contribution >= 0.6 is 12.2 Å². The molecule has 0 aliphatic heterocycles. The van der Waals surface area contributed by atoms with Gasteiger partial charge in [-0.2, -0.15) is 0 Å². The van der Waals surface area contributed by atoms with Gasteiger partial charge in [0.05, 0.1) is 6.10 Å². The summed E-state index contributed by atoms with van der Waals surface area (Å²) in [7, 11) is 0. The third-order valence-corrected chi connectivity index (χ3v) is 2.89. The molecule has 96 valence electrons. The van der Waals surface area contributed by atoms with Crippen molar-refractivity contribution in [2.45, 2.75) is 19.4 Å². The number of aromatic nitrogens is 1. The molecule has 0 spiro atoms. The standard InChI is InChI=1S/C13H16N2O2S/c1-9-4-2-3-5-12(9)14-7-10(16)6-11-8-15-13(18)17-11/h2-5,8,10,14,16H,6-7H2,1H3,(H,15,18). The molecule has 18 heavy (non-hydrogen) atoms. The van der Waals surface area contributed by atoms with Gasteiger partial charge in [-0.3, -0.25) is 0 Å². The third kappa shape index (κ3) is 3.45. The highest BCUT2D eigenvalue weighted by Crippen LogP contribution is 2.13. The summed E-state index contributed by atoms with van der Waals surface area (Å²) >= 11 is 4.82. The Kier molecular flexibility index (Phi) is 4.17. The average Bonchev–Trinajstić information content (AvgIpc) is 2.74. The van der Waals surface area contributed by atoms with Crippen molar-refractivity contribution in [2.24, 2.45) is 0 Å². The summed E-state index contributed by atoms with van der Waals surface area (Å²) in [5.41, 5.74) is 2.19. The van der Waals surface area contributed by atoms with Gasteiger partial charge in [-0.1, -0.05) is 18.2 Å². The first-order valence-electron chi connectivity index (χ1n) is 5.80. The summed E-state index contributed by atoms with van der Waals surface area (Å²) in [6, 6.07) is 7.97. The largest absolute Gasteiger partial charge is 0.435 e. The Morgan fingerprint density at radius 3 is 2.89 bits per heavy atom. The number of aryl methyl sites for hydroxylation is 1. The predicted octanol–water partition coefficient (Wildman–Crippen LogP) is 2.66. The van der Waals surface area contributed by atoms with Crippen LogP contribution in [0.5, 0.6) is 0 Å². The van der Waals surface area contributed by atoms with Crippen LogP contribution in [-0.4, -0.2) is 22.7 Å². The van der Waals surface area contributed by atoms with Crippen LogP contribution in [0, 0.1) is 11.8 Å². The summed E-state index contributed by atoms with van der Waals surface area (Å²) in [5.74, 6) is 0.666. The van der Waals surface area contributed by atoms with E-state index in [0.717, 1.165) is 11.3 Å². The number of rotatable bonds is 5. The fraction of sp³-hybridized carbons (Fsp3) is 0.308. The topological polar surface area (TPSA) is 61.2 Å². The lowest BCUT2D eigenvalue weighted by Gasteiger charge is -2.13. The molecular formula is C13H16N2O2S. The molecule has 1 unspecified atom stereocenters. The molecule has 0 bridgehead atoms. The fourth-order valence-electron chi connectivity index (χ4n) is 1.72. The zero-order valence-electron chi connectivity index (χ0n) is 10.1. The predicted molar refractivity (Wildman–Crippen MR) is 73.3 cm³/mol. The molecule has 1 aromatic heterocycles. The zero-order chi connectivity index (χ0) is 13.0. The number of nitrogens with one attached hydrogen (secondary N) is 2. The second-order valence-corrected chi connectivity index (χ2v) is 4.57. The van der Waals surface area contributed by atoms with E-state index in [2.05, 4.69) is 10.3 Å². The number of aromatic amines is 1. The second-order valence-electron chi connectivity index (χ2n) is 4.20. The van der Waals surface area contributed by atoms with Gasteiger partial charge in [-0.25, -0.2) is 0 Å². The van der Waals surface area contributed by atoms with Crippen LogP contribution in [0.1, 0.15) is 11.3 Å². The lowest BCUT2D eigenvalue weighted by molar-refractivity contribution is 0.180. The molecule has 0 saturated carbocycles. The molecule has 0 saturated heterocycles. The number of aliphatic hydroxyl groups is 1. The van der Waals surface area contributed by atoms with Crippen molar-refractivity contribution in [1.82, 2.24) is 4.98 Å². The molecule has 2 aromatic rings. The molecule has 5 heteroatoms. The lowest BCUT2D eigenvalue weighted by atomic mass is 10.2. The van der Waals surface area contributed by atoms with Gasteiger partial charge < -0.3 is 19.8 Å². The van der Waals surface area contributed by atoms with E-state index in [1.54, 1.807) is 6.20 Å². The number of oxazole rings is 1. The van der Waals surface area contributed by atoms with Crippen LogP contribution in [0.25, 0.3) is 0 Å². The highest BCUT2D eigenvalue weighted by molar-refractivity contribution is 7.71. The quantitative estimate of drug-likeness (QED) is 0.727. The Hall–Kier alpha value is -1.59. The average molecular weight is 264 g/mol. The van der Waals surface area contributed by atoms with Gasteiger partial charge >= 0.3 is 0 Å². The van der Waals surface area contributed by atoms with E-state index in [4.69, 9.17) is 16.6 Å². The highest BCUT2D eigenvalue weighted by atomic mass is 32.1. The maximum atomic E-state index is 9.89. The summed E-state index contributed by atoms with van der Waals surface area (Å²) in [4.78, 5) is 3.11. The molecule has 2 rings (SSSR count). The molecule has 0 fully saturated rings. The Bertz CT molecular complexity index is 562. The molecule has 0 aliphatic carbocycles. The molecule has 4 nitrogen and oxygen atoms in total. The smallest absolute Gasteiger partial charge is 0.266 e. The monoisotopic (exact) mass is 264 g/mol. The molecule has 0 radical (unpaired) electrons. The van der Waals surface area contributed by atoms with Crippen LogP contribution in [0.4, 0.5) is 5.69 Å². The van der Waals surface area contributed by atoms with E-state index >= 15 is 0 Å². The number of hydrogen-bond acceptors (Lipinski definition) is 4. The zero-order valence-corrected chi connectivity index (χ0v) is 11.0. The minimum atomic E-state index is -0.515.